The Kier molecular flexibility index (Phi) is 5.12. The van der Waals surface area contributed by atoms with Crippen LogP contribution >= 0.6 is 0 Å². The molecule has 1 aromatic carbocycles. The molecule has 0 heterocycles. The first kappa shape index (κ1) is 12.8. The van der Waals surface area contributed by atoms with Gasteiger partial charge in [0, 0.05) is 0 Å². The van der Waals surface area contributed by atoms with E-state index in [0.717, 1.165) is 25.0 Å². The van der Waals surface area contributed by atoms with Gasteiger partial charge in [0.05, 0.1) is 6.10 Å². The first-order valence-corrected chi connectivity index (χ1v) is 5.36. The summed E-state index contributed by atoms with van der Waals surface area (Å²) in [5, 5.41) is 9.64. The van der Waals surface area contributed by atoms with Gasteiger partial charge in [0.1, 0.15) is 0 Å². The molecule has 0 saturated heterocycles. The van der Waals surface area contributed by atoms with Crippen molar-refractivity contribution in [3.63, 3.8) is 0 Å². The number of hydrogen-bond acceptors (Lipinski definition) is 1. The molecule has 3 heteroatoms. The molecule has 1 nitrogen and oxygen atoms in total. The summed E-state index contributed by atoms with van der Waals surface area (Å²) in [5.41, 5.74) is 0.616. The zero-order chi connectivity index (χ0) is 12.0. The predicted molar refractivity (Wildman–Crippen MR) is 60.1 cm³/mol. The molecule has 1 N–H and O–H groups in total. The van der Waals surface area contributed by atoms with E-state index < -0.39 is 17.7 Å². The van der Waals surface area contributed by atoms with Crippen LogP contribution in [0.15, 0.2) is 30.9 Å². The second kappa shape index (κ2) is 6.38. The number of benzene rings is 1. The van der Waals surface area contributed by atoms with Crippen LogP contribution in [-0.2, 0) is 6.42 Å². The Labute approximate surface area is 94.4 Å². The van der Waals surface area contributed by atoms with Crippen molar-refractivity contribution < 1.29 is 13.9 Å². The number of unbranched alkanes of at least 4 members (excludes halogenated alkanes) is 1. The highest BCUT2D eigenvalue weighted by atomic mass is 19.2. The number of aliphatic hydroxyl groups is 1. The fourth-order valence-corrected chi connectivity index (χ4v) is 1.54. The first-order chi connectivity index (χ1) is 7.63. The molecule has 0 amide bonds. The highest BCUT2D eigenvalue weighted by Crippen LogP contribution is 2.13. The quantitative estimate of drug-likeness (QED) is 0.583. The standard InChI is InChI=1S/C13H16F2O/c1-2-3-4-5-11(16)8-10-6-7-12(14)13(15)9-10/h2,6-7,9,11,16H,1,3-5,8H2. The summed E-state index contributed by atoms with van der Waals surface area (Å²) in [6.07, 6.45) is 4.00. The molecule has 0 aliphatic rings. The predicted octanol–water partition coefficient (Wildman–Crippen LogP) is 3.22. The maximum Gasteiger partial charge on any atom is 0.159 e. The van der Waals surface area contributed by atoms with E-state index in [1.54, 1.807) is 6.08 Å². The molecule has 0 fully saturated rings. The third-order valence-corrected chi connectivity index (χ3v) is 2.40. The lowest BCUT2D eigenvalue weighted by atomic mass is 10.0. The lowest BCUT2D eigenvalue weighted by Crippen LogP contribution is -2.10. The van der Waals surface area contributed by atoms with Gasteiger partial charge in [-0.25, -0.2) is 8.78 Å². The van der Waals surface area contributed by atoms with Crippen LogP contribution < -0.4 is 0 Å². The Morgan fingerprint density at radius 2 is 2.06 bits per heavy atom. The topological polar surface area (TPSA) is 20.2 Å². The van der Waals surface area contributed by atoms with Gasteiger partial charge in [-0.1, -0.05) is 12.1 Å². The monoisotopic (exact) mass is 226 g/mol. The van der Waals surface area contributed by atoms with Gasteiger partial charge in [-0.2, -0.15) is 0 Å². The molecule has 0 spiro atoms. The molecular weight excluding hydrogens is 210 g/mol. The molecule has 0 aliphatic heterocycles. The van der Waals surface area contributed by atoms with Gasteiger partial charge in [-0.3, -0.25) is 0 Å². The molecule has 1 unspecified atom stereocenters. The number of aliphatic hydroxyl groups excluding tert-OH is 1. The van der Waals surface area contributed by atoms with Crippen molar-refractivity contribution in [2.75, 3.05) is 0 Å². The summed E-state index contributed by atoms with van der Waals surface area (Å²) < 4.78 is 25.5. The highest BCUT2D eigenvalue weighted by molar-refractivity contribution is 5.18. The summed E-state index contributed by atoms with van der Waals surface area (Å²) in [6, 6.07) is 3.71. The SMILES string of the molecule is C=CCCCC(O)Cc1ccc(F)c(F)c1. The molecule has 16 heavy (non-hydrogen) atoms. The van der Waals surface area contributed by atoms with E-state index in [9.17, 15) is 13.9 Å². The molecule has 1 aromatic rings. The summed E-state index contributed by atoms with van der Waals surface area (Å²) in [4.78, 5) is 0. The molecule has 0 aromatic heterocycles. The Hall–Kier alpha value is -1.22. The summed E-state index contributed by atoms with van der Waals surface area (Å²) in [5.74, 6) is -1.72. The average Bonchev–Trinajstić information content (AvgIpc) is 2.24. The minimum atomic E-state index is -0.865. The van der Waals surface area contributed by atoms with Gasteiger partial charge in [-0.05, 0) is 43.4 Å². The molecule has 0 radical (unpaired) electrons. The van der Waals surface area contributed by atoms with Crippen LogP contribution in [0.5, 0.6) is 0 Å². The van der Waals surface area contributed by atoms with Crippen LogP contribution in [0.3, 0.4) is 0 Å². The molecule has 1 atom stereocenters. The largest absolute Gasteiger partial charge is 0.393 e. The number of rotatable bonds is 6. The van der Waals surface area contributed by atoms with Crippen molar-refractivity contribution in [2.24, 2.45) is 0 Å². The summed E-state index contributed by atoms with van der Waals surface area (Å²) >= 11 is 0. The molecular formula is C13H16F2O. The van der Waals surface area contributed by atoms with E-state index in [0.29, 0.717) is 18.4 Å². The lowest BCUT2D eigenvalue weighted by Gasteiger charge is -2.09. The maximum absolute atomic E-state index is 12.9. The first-order valence-electron chi connectivity index (χ1n) is 5.36. The second-order valence-corrected chi connectivity index (χ2v) is 3.83. The van der Waals surface area contributed by atoms with Crippen molar-refractivity contribution in [2.45, 2.75) is 31.8 Å². The van der Waals surface area contributed by atoms with E-state index in [1.165, 1.54) is 6.07 Å². The number of allylic oxidation sites excluding steroid dienone is 1. The molecule has 0 bridgehead atoms. The smallest absolute Gasteiger partial charge is 0.159 e. The van der Waals surface area contributed by atoms with E-state index >= 15 is 0 Å². The third kappa shape index (κ3) is 4.11. The summed E-state index contributed by atoms with van der Waals surface area (Å²) in [7, 11) is 0. The van der Waals surface area contributed by atoms with Gasteiger partial charge in [-0.15, -0.1) is 6.58 Å². The van der Waals surface area contributed by atoms with Crippen molar-refractivity contribution in [3.05, 3.63) is 48.1 Å². The van der Waals surface area contributed by atoms with Gasteiger partial charge < -0.3 is 5.11 Å². The minimum Gasteiger partial charge on any atom is -0.393 e. The van der Waals surface area contributed by atoms with Crippen molar-refractivity contribution in [1.82, 2.24) is 0 Å². The van der Waals surface area contributed by atoms with Gasteiger partial charge in [0.2, 0.25) is 0 Å². The van der Waals surface area contributed by atoms with Crippen LogP contribution in [0.4, 0.5) is 8.78 Å². The van der Waals surface area contributed by atoms with Gasteiger partial charge in [0.15, 0.2) is 11.6 Å². The lowest BCUT2D eigenvalue weighted by molar-refractivity contribution is 0.162. The van der Waals surface area contributed by atoms with E-state index in [-0.39, 0.29) is 0 Å². The highest BCUT2D eigenvalue weighted by Gasteiger charge is 2.07. The van der Waals surface area contributed by atoms with E-state index in [4.69, 9.17) is 0 Å². The van der Waals surface area contributed by atoms with Crippen LogP contribution in [0, 0.1) is 11.6 Å². The maximum atomic E-state index is 12.9. The normalized spacial score (nSPS) is 12.4. The Balaban J connectivity index is 2.46. The Bertz CT molecular complexity index is 350. The molecule has 1 rings (SSSR count). The minimum absolute atomic E-state index is 0.355. The average molecular weight is 226 g/mol. The van der Waals surface area contributed by atoms with Crippen LogP contribution in [0.1, 0.15) is 24.8 Å². The third-order valence-electron chi connectivity index (χ3n) is 2.40. The fraction of sp³-hybridized carbons (Fsp3) is 0.385. The number of halogens is 2. The molecule has 0 aliphatic carbocycles. The van der Waals surface area contributed by atoms with Crippen LogP contribution in [0.25, 0.3) is 0 Å². The van der Waals surface area contributed by atoms with Crippen LogP contribution in [-0.4, -0.2) is 11.2 Å². The van der Waals surface area contributed by atoms with Crippen LogP contribution in [0.2, 0.25) is 0 Å². The zero-order valence-corrected chi connectivity index (χ0v) is 9.13. The van der Waals surface area contributed by atoms with Crippen molar-refractivity contribution in [3.8, 4) is 0 Å². The second-order valence-electron chi connectivity index (χ2n) is 3.83. The Morgan fingerprint density at radius 1 is 1.31 bits per heavy atom. The van der Waals surface area contributed by atoms with Crippen molar-refractivity contribution >= 4 is 0 Å². The zero-order valence-electron chi connectivity index (χ0n) is 9.13. The Morgan fingerprint density at radius 3 is 2.69 bits per heavy atom. The summed E-state index contributed by atoms with van der Waals surface area (Å²) in [6.45, 7) is 3.59. The number of hydrogen-bond donors (Lipinski definition) is 1. The van der Waals surface area contributed by atoms with E-state index in [2.05, 4.69) is 6.58 Å². The van der Waals surface area contributed by atoms with Gasteiger partial charge in [0.25, 0.3) is 0 Å². The van der Waals surface area contributed by atoms with Gasteiger partial charge >= 0.3 is 0 Å². The molecule has 0 saturated carbocycles. The van der Waals surface area contributed by atoms with Crippen molar-refractivity contribution in [1.29, 1.82) is 0 Å². The fourth-order valence-electron chi connectivity index (χ4n) is 1.54. The molecule has 88 valence electrons. The van der Waals surface area contributed by atoms with E-state index in [1.807, 2.05) is 0 Å².